The van der Waals surface area contributed by atoms with Gasteiger partial charge in [0.15, 0.2) is 0 Å². The molecule has 2 unspecified atom stereocenters. The van der Waals surface area contributed by atoms with Gasteiger partial charge in [0.25, 0.3) is 0 Å². The lowest BCUT2D eigenvalue weighted by atomic mass is 10.1. The maximum atomic E-state index is 6.20. The van der Waals surface area contributed by atoms with Crippen molar-refractivity contribution in [3.63, 3.8) is 0 Å². The summed E-state index contributed by atoms with van der Waals surface area (Å²) >= 11 is 6.20. The van der Waals surface area contributed by atoms with Gasteiger partial charge in [0.05, 0.1) is 10.5 Å². The van der Waals surface area contributed by atoms with E-state index in [4.69, 9.17) is 11.6 Å². The van der Waals surface area contributed by atoms with Gasteiger partial charge in [0.1, 0.15) is 0 Å². The molecule has 1 aromatic carbocycles. The van der Waals surface area contributed by atoms with Gasteiger partial charge in [-0.2, -0.15) is 0 Å². The molecule has 1 N–H and O–H groups in total. The normalized spacial score (nSPS) is 22.8. The summed E-state index contributed by atoms with van der Waals surface area (Å²) in [5.41, 5.74) is 2.05. The van der Waals surface area contributed by atoms with Crippen LogP contribution in [0.4, 0.5) is 5.69 Å². The van der Waals surface area contributed by atoms with Gasteiger partial charge in [-0.1, -0.05) is 24.9 Å². The van der Waals surface area contributed by atoms with Crippen LogP contribution in [0.5, 0.6) is 0 Å². The maximum absolute atomic E-state index is 6.20. The minimum atomic E-state index is 0.592. The molecule has 0 spiro atoms. The van der Waals surface area contributed by atoms with Gasteiger partial charge in [-0.3, -0.25) is 4.98 Å². The number of rotatable bonds is 3. The molecule has 1 heterocycles. The van der Waals surface area contributed by atoms with Crippen molar-refractivity contribution in [3.05, 3.63) is 35.5 Å². The first-order valence-corrected chi connectivity index (χ1v) is 7.45. The summed E-state index contributed by atoms with van der Waals surface area (Å²) in [5.74, 6) is 0.884. The molecule has 0 amide bonds. The number of hydrogen-bond donors (Lipinski definition) is 1. The van der Waals surface area contributed by atoms with Gasteiger partial charge in [0, 0.05) is 23.3 Å². The Morgan fingerprint density at radius 3 is 3.00 bits per heavy atom. The summed E-state index contributed by atoms with van der Waals surface area (Å²) in [6, 6.07) is 8.65. The van der Waals surface area contributed by atoms with Gasteiger partial charge in [-0.05, 0) is 49.4 Å². The molecule has 1 aliphatic carbocycles. The van der Waals surface area contributed by atoms with Crippen LogP contribution in [-0.2, 0) is 0 Å². The number of anilines is 1. The zero-order valence-electron chi connectivity index (χ0n) is 11.2. The molecule has 19 heavy (non-hydrogen) atoms. The van der Waals surface area contributed by atoms with Crippen molar-refractivity contribution in [2.75, 3.05) is 5.32 Å². The van der Waals surface area contributed by atoms with Crippen LogP contribution in [-0.4, -0.2) is 11.0 Å². The minimum Gasteiger partial charge on any atom is -0.382 e. The number of pyridine rings is 1. The molecular weight excluding hydrogens is 256 g/mol. The third-order valence-electron chi connectivity index (χ3n) is 4.20. The number of nitrogens with one attached hydrogen (secondary N) is 1. The zero-order chi connectivity index (χ0) is 13.2. The molecule has 0 radical (unpaired) electrons. The van der Waals surface area contributed by atoms with Gasteiger partial charge < -0.3 is 5.32 Å². The average molecular weight is 275 g/mol. The lowest BCUT2D eigenvalue weighted by molar-refractivity contribution is 0.525. The zero-order valence-corrected chi connectivity index (χ0v) is 12.0. The SMILES string of the molecule is CCC1CCC(Nc2ccc(Cl)c3ncccc23)C1. The Morgan fingerprint density at radius 2 is 2.21 bits per heavy atom. The monoisotopic (exact) mass is 274 g/mol. The van der Waals surface area contributed by atoms with Crippen molar-refractivity contribution in [2.45, 2.75) is 38.6 Å². The van der Waals surface area contributed by atoms with Crippen molar-refractivity contribution in [2.24, 2.45) is 5.92 Å². The van der Waals surface area contributed by atoms with Crippen LogP contribution in [0.2, 0.25) is 5.02 Å². The van der Waals surface area contributed by atoms with Gasteiger partial charge in [-0.25, -0.2) is 0 Å². The number of hydrogen-bond acceptors (Lipinski definition) is 2. The third kappa shape index (κ3) is 2.55. The lowest BCUT2D eigenvalue weighted by Crippen LogP contribution is -2.15. The first-order chi connectivity index (χ1) is 9.28. The molecule has 1 fully saturated rings. The van der Waals surface area contributed by atoms with Crippen LogP contribution >= 0.6 is 11.6 Å². The summed E-state index contributed by atoms with van der Waals surface area (Å²) in [6.07, 6.45) is 6.98. The summed E-state index contributed by atoms with van der Waals surface area (Å²) in [6.45, 7) is 2.29. The van der Waals surface area contributed by atoms with Crippen molar-refractivity contribution in [1.82, 2.24) is 4.98 Å². The van der Waals surface area contributed by atoms with Gasteiger partial charge >= 0.3 is 0 Å². The summed E-state index contributed by atoms with van der Waals surface area (Å²) in [7, 11) is 0. The highest BCUT2D eigenvalue weighted by molar-refractivity contribution is 6.35. The fourth-order valence-electron chi connectivity index (χ4n) is 3.06. The highest BCUT2D eigenvalue weighted by Gasteiger charge is 2.23. The summed E-state index contributed by atoms with van der Waals surface area (Å²) in [5, 5.41) is 5.52. The number of halogens is 1. The molecule has 1 aliphatic rings. The molecule has 1 aromatic heterocycles. The number of fused-ring (bicyclic) bond motifs is 1. The molecule has 100 valence electrons. The number of aromatic nitrogens is 1. The molecule has 1 saturated carbocycles. The third-order valence-corrected chi connectivity index (χ3v) is 4.50. The van der Waals surface area contributed by atoms with Crippen LogP contribution in [0.15, 0.2) is 30.5 Å². The van der Waals surface area contributed by atoms with E-state index in [2.05, 4.69) is 29.4 Å². The molecular formula is C16H19ClN2. The fraction of sp³-hybridized carbons (Fsp3) is 0.438. The predicted molar refractivity (Wildman–Crippen MR) is 81.8 cm³/mol. The minimum absolute atomic E-state index is 0.592. The fourth-order valence-corrected chi connectivity index (χ4v) is 3.27. The molecule has 0 aliphatic heterocycles. The second-order valence-corrected chi connectivity index (χ2v) is 5.83. The Labute approximate surface area is 119 Å². The van der Waals surface area contributed by atoms with E-state index in [1.165, 1.54) is 25.7 Å². The van der Waals surface area contributed by atoms with E-state index in [1.807, 2.05) is 12.1 Å². The second kappa shape index (κ2) is 5.38. The van der Waals surface area contributed by atoms with E-state index in [1.54, 1.807) is 6.20 Å². The lowest BCUT2D eigenvalue weighted by Gasteiger charge is -2.16. The van der Waals surface area contributed by atoms with Crippen LogP contribution < -0.4 is 5.32 Å². The summed E-state index contributed by atoms with van der Waals surface area (Å²) < 4.78 is 0. The topological polar surface area (TPSA) is 24.9 Å². The van der Waals surface area contributed by atoms with Crippen molar-refractivity contribution in [1.29, 1.82) is 0 Å². The quantitative estimate of drug-likeness (QED) is 0.863. The standard InChI is InChI=1S/C16H19ClN2/c1-2-11-5-6-12(10-11)19-15-8-7-14(17)16-13(15)4-3-9-18-16/h3-4,7-9,11-12,19H,2,5-6,10H2,1H3. The molecule has 2 atom stereocenters. The van der Waals surface area contributed by atoms with Crippen molar-refractivity contribution < 1.29 is 0 Å². The van der Waals surface area contributed by atoms with Crippen LogP contribution in [0.3, 0.4) is 0 Å². The van der Waals surface area contributed by atoms with E-state index in [-0.39, 0.29) is 0 Å². The molecule has 2 nitrogen and oxygen atoms in total. The second-order valence-electron chi connectivity index (χ2n) is 5.42. The summed E-state index contributed by atoms with van der Waals surface area (Å²) in [4.78, 5) is 4.38. The smallest absolute Gasteiger partial charge is 0.0908 e. The Bertz CT molecular complexity index is 582. The van der Waals surface area contributed by atoms with Crippen LogP contribution in [0.1, 0.15) is 32.6 Å². The highest BCUT2D eigenvalue weighted by Crippen LogP contribution is 2.33. The molecule has 0 saturated heterocycles. The largest absolute Gasteiger partial charge is 0.382 e. The van der Waals surface area contributed by atoms with Gasteiger partial charge in [-0.15, -0.1) is 0 Å². The van der Waals surface area contributed by atoms with Crippen LogP contribution in [0.25, 0.3) is 10.9 Å². The number of benzene rings is 1. The Hall–Kier alpha value is -1.28. The maximum Gasteiger partial charge on any atom is 0.0908 e. The van der Waals surface area contributed by atoms with Crippen LogP contribution in [0, 0.1) is 5.92 Å². The molecule has 0 bridgehead atoms. The van der Waals surface area contributed by atoms with E-state index >= 15 is 0 Å². The molecule has 2 aromatic rings. The van der Waals surface area contributed by atoms with E-state index < -0.39 is 0 Å². The predicted octanol–water partition coefficient (Wildman–Crippen LogP) is 4.88. The highest BCUT2D eigenvalue weighted by atomic mass is 35.5. The first kappa shape index (κ1) is 12.7. The Balaban J connectivity index is 1.87. The first-order valence-electron chi connectivity index (χ1n) is 7.07. The Morgan fingerprint density at radius 1 is 1.32 bits per heavy atom. The van der Waals surface area contributed by atoms with E-state index in [0.717, 1.165) is 27.5 Å². The molecule has 3 rings (SSSR count). The Kier molecular flexibility index (Phi) is 3.61. The van der Waals surface area contributed by atoms with E-state index in [9.17, 15) is 0 Å². The average Bonchev–Trinajstić information content (AvgIpc) is 2.90. The van der Waals surface area contributed by atoms with E-state index in [0.29, 0.717) is 6.04 Å². The number of nitrogens with zero attached hydrogens (tertiary/aromatic N) is 1. The molecule has 3 heteroatoms. The van der Waals surface area contributed by atoms with Crippen molar-refractivity contribution >= 4 is 28.2 Å². The van der Waals surface area contributed by atoms with Crippen molar-refractivity contribution in [3.8, 4) is 0 Å². The van der Waals surface area contributed by atoms with Gasteiger partial charge in [0.2, 0.25) is 0 Å².